The number of aryl methyl sites for hydroxylation is 1. The average Bonchev–Trinajstić information content (AvgIpc) is 2.53. The first-order chi connectivity index (χ1) is 10.2. The molecule has 1 aromatic rings. The fourth-order valence-corrected chi connectivity index (χ4v) is 3.04. The van der Waals surface area contributed by atoms with Gasteiger partial charge in [-0.1, -0.05) is 17.7 Å². The number of hydrogen-bond donors (Lipinski definition) is 1. The van der Waals surface area contributed by atoms with Crippen LogP contribution in [0.15, 0.2) is 29.2 Å². The molecule has 1 atom stereocenters. The van der Waals surface area contributed by atoms with Crippen LogP contribution in [0.1, 0.15) is 12.0 Å². The Labute approximate surface area is 131 Å². The number of thioether (sulfide) groups is 1. The lowest BCUT2D eigenvalue weighted by Gasteiger charge is -2.27. The largest absolute Gasteiger partial charge is 0.366 e. The van der Waals surface area contributed by atoms with Gasteiger partial charge in [-0.15, -0.1) is 11.8 Å². The van der Waals surface area contributed by atoms with Crippen molar-refractivity contribution in [3.8, 4) is 0 Å². The van der Waals surface area contributed by atoms with Gasteiger partial charge in [-0.2, -0.15) is 0 Å². The molecule has 4 nitrogen and oxygen atoms in total. The minimum absolute atomic E-state index is 0.0857. The number of morpholine rings is 1. The molecule has 116 valence electrons. The van der Waals surface area contributed by atoms with Crippen molar-refractivity contribution in [2.24, 2.45) is 0 Å². The molecule has 0 saturated carbocycles. The number of benzene rings is 1. The highest BCUT2D eigenvalue weighted by Crippen LogP contribution is 2.19. The lowest BCUT2D eigenvalue weighted by Crippen LogP contribution is -2.48. The van der Waals surface area contributed by atoms with Gasteiger partial charge in [0.15, 0.2) is 0 Å². The van der Waals surface area contributed by atoms with Gasteiger partial charge >= 0.3 is 0 Å². The van der Waals surface area contributed by atoms with Gasteiger partial charge < -0.3 is 15.0 Å². The Kier molecular flexibility index (Phi) is 6.54. The lowest BCUT2D eigenvalue weighted by molar-refractivity contribution is -0.143. The summed E-state index contributed by atoms with van der Waals surface area (Å²) >= 11 is 1.84. The Morgan fingerprint density at radius 3 is 2.86 bits per heavy atom. The van der Waals surface area contributed by atoms with Crippen LogP contribution in [0.5, 0.6) is 0 Å². The van der Waals surface area contributed by atoms with E-state index in [4.69, 9.17) is 4.74 Å². The van der Waals surface area contributed by atoms with E-state index < -0.39 is 0 Å². The molecule has 1 aliphatic heterocycles. The summed E-state index contributed by atoms with van der Waals surface area (Å²) in [6.45, 7) is 4.95. The van der Waals surface area contributed by atoms with Crippen molar-refractivity contribution < 1.29 is 9.53 Å². The molecule has 0 aromatic heterocycles. The van der Waals surface area contributed by atoms with Gasteiger partial charge in [0.05, 0.1) is 6.61 Å². The normalized spacial score (nSPS) is 18.5. The number of likely N-dealkylation sites (N-methyl/N-ethyl adjacent to an activating group) is 1. The van der Waals surface area contributed by atoms with E-state index in [0.29, 0.717) is 13.2 Å². The predicted molar refractivity (Wildman–Crippen MR) is 86.8 cm³/mol. The van der Waals surface area contributed by atoms with E-state index >= 15 is 0 Å². The first-order valence-electron chi connectivity index (χ1n) is 7.43. The summed E-state index contributed by atoms with van der Waals surface area (Å²) in [4.78, 5) is 15.2. The van der Waals surface area contributed by atoms with Crippen LogP contribution in [-0.2, 0) is 9.53 Å². The third kappa shape index (κ3) is 5.34. The Bertz CT molecular complexity index is 444. The number of carbonyl (C=O) groups is 1. The SMILES string of the molecule is Cc1ccc(SCCCN(C)C(=O)[C@@H]2CNCCO2)cc1. The molecular weight excluding hydrogens is 284 g/mol. The third-order valence-electron chi connectivity index (χ3n) is 3.51. The molecule has 2 rings (SSSR count). The molecule has 1 saturated heterocycles. The van der Waals surface area contributed by atoms with Gasteiger partial charge in [-0.25, -0.2) is 0 Å². The number of hydrogen-bond acceptors (Lipinski definition) is 4. The van der Waals surface area contributed by atoms with Crippen LogP contribution in [0.25, 0.3) is 0 Å². The first-order valence-corrected chi connectivity index (χ1v) is 8.42. The second-order valence-corrected chi connectivity index (χ2v) is 6.51. The Hall–Kier alpha value is -1.04. The van der Waals surface area contributed by atoms with Crippen molar-refractivity contribution in [3.63, 3.8) is 0 Å². The molecule has 0 bridgehead atoms. The smallest absolute Gasteiger partial charge is 0.252 e. The highest BCUT2D eigenvalue weighted by atomic mass is 32.2. The molecule has 21 heavy (non-hydrogen) atoms. The van der Waals surface area contributed by atoms with Crippen LogP contribution in [0.4, 0.5) is 0 Å². The van der Waals surface area contributed by atoms with Gasteiger partial charge in [0.1, 0.15) is 6.10 Å². The van der Waals surface area contributed by atoms with Gasteiger partial charge in [-0.3, -0.25) is 4.79 Å². The van der Waals surface area contributed by atoms with Gasteiger partial charge in [0, 0.05) is 31.6 Å². The van der Waals surface area contributed by atoms with E-state index in [0.717, 1.165) is 25.3 Å². The second kappa shape index (κ2) is 8.41. The number of nitrogens with one attached hydrogen (secondary N) is 1. The fraction of sp³-hybridized carbons (Fsp3) is 0.562. The number of nitrogens with zero attached hydrogens (tertiary/aromatic N) is 1. The van der Waals surface area contributed by atoms with E-state index in [9.17, 15) is 4.79 Å². The number of amides is 1. The average molecular weight is 308 g/mol. The molecular formula is C16H24N2O2S. The standard InChI is InChI=1S/C16H24N2O2S/c1-13-4-6-14(7-5-13)21-11-3-9-18(2)16(19)15-12-17-8-10-20-15/h4-7,15,17H,3,8-12H2,1-2H3/t15-/m0/s1. The minimum atomic E-state index is -0.312. The zero-order valence-corrected chi connectivity index (χ0v) is 13.6. The molecule has 0 aliphatic carbocycles. The van der Waals surface area contributed by atoms with Crippen molar-refractivity contribution in [2.45, 2.75) is 24.3 Å². The maximum atomic E-state index is 12.2. The van der Waals surface area contributed by atoms with Crippen molar-refractivity contribution in [1.29, 1.82) is 0 Å². The second-order valence-electron chi connectivity index (χ2n) is 5.34. The van der Waals surface area contributed by atoms with E-state index in [1.165, 1.54) is 10.5 Å². The fourth-order valence-electron chi connectivity index (χ4n) is 2.21. The summed E-state index contributed by atoms with van der Waals surface area (Å²) in [5.41, 5.74) is 1.28. The summed E-state index contributed by atoms with van der Waals surface area (Å²) in [6.07, 6.45) is 0.675. The van der Waals surface area contributed by atoms with Crippen LogP contribution >= 0.6 is 11.8 Å². The molecule has 1 fully saturated rings. The topological polar surface area (TPSA) is 41.6 Å². The predicted octanol–water partition coefficient (Wildman–Crippen LogP) is 1.92. The highest BCUT2D eigenvalue weighted by Gasteiger charge is 2.24. The minimum Gasteiger partial charge on any atom is -0.366 e. The van der Waals surface area contributed by atoms with E-state index in [-0.39, 0.29) is 12.0 Å². The van der Waals surface area contributed by atoms with Gasteiger partial charge in [0.25, 0.3) is 5.91 Å². The maximum absolute atomic E-state index is 12.2. The summed E-state index contributed by atoms with van der Waals surface area (Å²) < 4.78 is 5.49. The zero-order chi connectivity index (χ0) is 15.1. The van der Waals surface area contributed by atoms with Crippen molar-refractivity contribution in [1.82, 2.24) is 10.2 Å². The number of carbonyl (C=O) groups excluding carboxylic acids is 1. The maximum Gasteiger partial charge on any atom is 0.252 e. The van der Waals surface area contributed by atoms with Crippen LogP contribution in [-0.4, -0.2) is 56.0 Å². The molecule has 1 heterocycles. The van der Waals surface area contributed by atoms with Crippen LogP contribution in [0, 0.1) is 6.92 Å². The zero-order valence-electron chi connectivity index (χ0n) is 12.8. The summed E-state index contributed by atoms with van der Waals surface area (Å²) in [5.74, 6) is 1.10. The summed E-state index contributed by atoms with van der Waals surface area (Å²) in [7, 11) is 1.86. The van der Waals surface area contributed by atoms with Crippen molar-refractivity contribution in [2.75, 3.05) is 39.0 Å². The van der Waals surface area contributed by atoms with Gasteiger partial charge in [-0.05, 0) is 31.2 Å². The summed E-state index contributed by atoms with van der Waals surface area (Å²) in [5, 5.41) is 3.19. The van der Waals surface area contributed by atoms with E-state index in [1.807, 2.05) is 18.8 Å². The van der Waals surface area contributed by atoms with Gasteiger partial charge in [0.2, 0.25) is 0 Å². The van der Waals surface area contributed by atoms with Crippen molar-refractivity contribution in [3.05, 3.63) is 29.8 Å². The molecule has 1 N–H and O–H groups in total. The molecule has 1 amide bonds. The van der Waals surface area contributed by atoms with E-state index in [2.05, 4.69) is 36.5 Å². The number of rotatable bonds is 6. The number of ether oxygens (including phenoxy) is 1. The molecule has 1 aromatic carbocycles. The highest BCUT2D eigenvalue weighted by molar-refractivity contribution is 7.99. The molecule has 0 unspecified atom stereocenters. The quantitative estimate of drug-likeness (QED) is 0.644. The third-order valence-corrected chi connectivity index (χ3v) is 4.61. The molecule has 1 aliphatic rings. The first kappa shape index (κ1) is 16.3. The van der Waals surface area contributed by atoms with E-state index in [1.54, 1.807) is 4.90 Å². The Balaban J connectivity index is 1.65. The van der Waals surface area contributed by atoms with Crippen LogP contribution in [0.2, 0.25) is 0 Å². The molecule has 5 heteroatoms. The lowest BCUT2D eigenvalue weighted by atomic mass is 10.2. The Morgan fingerprint density at radius 2 is 2.19 bits per heavy atom. The van der Waals surface area contributed by atoms with Crippen LogP contribution < -0.4 is 5.32 Å². The van der Waals surface area contributed by atoms with Crippen molar-refractivity contribution >= 4 is 17.7 Å². The summed E-state index contributed by atoms with van der Waals surface area (Å²) in [6, 6.07) is 8.56. The molecule has 0 spiro atoms. The molecule has 0 radical (unpaired) electrons. The Morgan fingerprint density at radius 1 is 1.43 bits per heavy atom. The van der Waals surface area contributed by atoms with Crippen LogP contribution in [0.3, 0.4) is 0 Å². The monoisotopic (exact) mass is 308 g/mol.